The van der Waals surface area contributed by atoms with Crippen LogP contribution < -0.4 is 5.32 Å². The largest absolute Gasteiger partial charge is 0.381 e. The molecule has 210 valence electrons. The van der Waals surface area contributed by atoms with Crippen molar-refractivity contribution < 1.29 is 4.39 Å². The van der Waals surface area contributed by atoms with Crippen LogP contribution in [-0.4, -0.2) is 10.6 Å². The minimum absolute atomic E-state index is 0.0823. The molecule has 0 saturated carbocycles. The number of aromatic nitrogens is 1. The first-order chi connectivity index (χ1) is 19.5. The van der Waals surface area contributed by atoms with E-state index in [1.54, 1.807) is 12.1 Å². The molecule has 1 aliphatic rings. The molecule has 4 aromatic carbocycles. The molecule has 2 nitrogen and oxygen atoms in total. The number of nitrogens with zero attached hydrogens (tertiary/aromatic N) is 1. The fraction of sp³-hybridized carbons (Fsp3) is 0.316. The first-order valence-electron chi connectivity index (χ1n) is 14.9. The van der Waals surface area contributed by atoms with Gasteiger partial charge in [-0.05, 0) is 121 Å². The van der Waals surface area contributed by atoms with E-state index in [1.807, 2.05) is 12.1 Å². The van der Waals surface area contributed by atoms with Crippen molar-refractivity contribution in [2.75, 3.05) is 5.32 Å². The number of anilines is 1. The van der Waals surface area contributed by atoms with Gasteiger partial charge in [-0.15, -0.1) is 0 Å². The summed E-state index contributed by atoms with van der Waals surface area (Å²) in [5.41, 5.74) is 14.2. The highest BCUT2D eigenvalue weighted by Crippen LogP contribution is 2.42. The molecule has 0 saturated heterocycles. The quantitative estimate of drug-likeness (QED) is 0.238. The van der Waals surface area contributed by atoms with Crippen molar-refractivity contribution in [1.29, 1.82) is 0 Å². The molecule has 0 spiro atoms. The number of benzene rings is 4. The molecule has 1 aliphatic carbocycles. The molecule has 1 heterocycles. The zero-order valence-electron chi connectivity index (χ0n) is 25.4. The van der Waals surface area contributed by atoms with Gasteiger partial charge in [-0.3, -0.25) is 0 Å². The maximum Gasteiger partial charge on any atom is 0.123 e. The number of halogens is 1. The second-order valence-corrected chi connectivity index (χ2v) is 13.0. The average Bonchev–Trinajstić information content (AvgIpc) is 3.18. The molecule has 5 aromatic rings. The lowest BCUT2D eigenvalue weighted by molar-refractivity contribution is 0.537. The van der Waals surface area contributed by atoms with Gasteiger partial charge in [0.1, 0.15) is 5.82 Å². The number of nitrogens with one attached hydrogen (secondary N) is 1. The Morgan fingerprint density at radius 3 is 2.24 bits per heavy atom. The SMILES string of the molecule is Cc1c2c(cc3c1c(C)c(C)n3-c1ccc(F)cc1)CC(Nc1ccc(C(C)(C)C)cc1-c1ccccc1)CC2C. The zero-order chi connectivity index (χ0) is 29.1. The maximum atomic E-state index is 13.8. The van der Waals surface area contributed by atoms with Crippen molar-refractivity contribution in [2.24, 2.45) is 0 Å². The van der Waals surface area contributed by atoms with Crippen LogP contribution in [0.15, 0.2) is 78.9 Å². The Balaban J connectivity index is 1.42. The van der Waals surface area contributed by atoms with Gasteiger partial charge in [0.05, 0.1) is 5.52 Å². The molecule has 2 unspecified atom stereocenters. The van der Waals surface area contributed by atoms with Gasteiger partial charge in [-0.1, -0.05) is 64.1 Å². The molecular formula is C38H41FN2. The second-order valence-electron chi connectivity index (χ2n) is 13.0. The summed E-state index contributed by atoms with van der Waals surface area (Å²) in [4.78, 5) is 0. The van der Waals surface area contributed by atoms with Crippen molar-refractivity contribution in [3.8, 4) is 16.8 Å². The van der Waals surface area contributed by atoms with Crippen LogP contribution in [0.4, 0.5) is 10.1 Å². The lowest BCUT2D eigenvalue weighted by Gasteiger charge is -2.33. The number of fused-ring (bicyclic) bond motifs is 2. The third kappa shape index (κ3) is 4.86. The molecule has 41 heavy (non-hydrogen) atoms. The van der Waals surface area contributed by atoms with Crippen molar-refractivity contribution in [3.05, 3.63) is 118 Å². The van der Waals surface area contributed by atoms with E-state index < -0.39 is 0 Å². The fourth-order valence-electron chi connectivity index (χ4n) is 7.06. The topological polar surface area (TPSA) is 17.0 Å². The van der Waals surface area contributed by atoms with Crippen LogP contribution >= 0.6 is 0 Å². The van der Waals surface area contributed by atoms with Crippen molar-refractivity contribution >= 4 is 16.6 Å². The van der Waals surface area contributed by atoms with E-state index in [1.165, 1.54) is 61.2 Å². The maximum absolute atomic E-state index is 13.8. The standard InChI is InChI=1S/C38H41FN2/c1-23-19-31(40-34-18-13-29(38(5,6)7)22-33(34)27-11-9-8-10-12-27)20-28-21-35-37(25(3)36(23)28)24(2)26(4)41(35)32-16-14-30(39)15-17-32/h8-18,21-23,31,40H,19-20H2,1-7H3. The predicted octanol–water partition coefficient (Wildman–Crippen LogP) is 10.2. The number of rotatable bonds is 4. The Kier molecular flexibility index (Phi) is 6.80. The van der Waals surface area contributed by atoms with Crippen LogP contribution in [-0.2, 0) is 11.8 Å². The first-order valence-corrected chi connectivity index (χ1v) is 14.9. The van der Waals surface area contributed by atoms with E-state index in [9.17, 15) is 4.39 Å². The van der Waals surface area contributed by atoms with E-state index >= 15 is 0 Å². The number of hydrogen-bond donors (Lipinski definition) is 1. The third-order valence-electron chi connectivity index (χ3n) is 9.20. The van der Waals surface area contributed by atoms with Crippen LogP contribution in [0, 0.1) is 26.6 Å². The summed E-state index contributed by atoms with van der Waals surface area (Å²) in [6.07, 6.45) is 2.06. The van der Waals surface area contributed by atoms with Gasteiger partial charge in [0.25, 0.3) is 0 Å². The molecule has 0 bridgehead atoms. The van der Waals surface area contributed by atoms with E-state index in [2.05, 4.69) is 113 Å². The van der Waals surface area contributed by atoms with Gasteiger partial charge in [-0.25, -0.2) is 4.39 Å². The monoisotopic (exact) mass is 544 g/mol. The van der Waals surface area contributed by atoms with Gasteiger partial charge < -0.3 is 9.88 Å². The summed E-state index contributed by atoms with van der Waals surface area (Å²) in [6, 6.07) is 27.3. The van der Waals surface area contributed by atoms with Crippen LogP contribution in [0.25, 0.3) is 27.7 Å². The van der Waals surface area contributed by atoms with E-state index in [0.29, 0.717) is 12.0 Å². The van der Waals surface area contributed by atoms with Gasteiger partial charge >= 0.3 is 0 Å². The van der Waals surface area contributed by atoms with Gasteiger partial charge in [0, 0.05) is 34.1 Å². The summed E-state index contributed by atoms with van der Waals surface area (Å²) in [6.45, 7) is 15.9. The minimum Gasteiger partial charge on any atom is -0.381 e. The Morgan fingerprint density at radius 2 is 1.56 bits per heavy atom. The molecule has 1 N–H and O–H groups in total. The predicted molar refractivity (Wildman–Crippen MR) is 172 cm³/mol. The zero-order valence-corrected chi connectivity index (χ0v) is 25.4. The molecule has 2 atom stereocenters. The molecule has 0 amide bonds. The normalized spacial score (nSPS) is 17.1. The highest BCUT2D eigenvalue weighted by atomic mass is 19.1. The molecule has 3 heteroatoms. The van der Waals surface area contributed by atoms with Crippen molar-refractivity contribution in [3.63, 3.8) is 0 Å². The van der Waals surface area contributed by atoms with Crippen molar-refractivity contribution in [2.45, 2.75) is 78.7 Å². The smallest absolute Gasteiger partial charge is 0.123 e. The number of hydrogen-bond acceptors (Lipinski definition) is 1. The molecule has 0 fully saturated rings. The highest BCUT2D eigenvalue weighted by Gasteiger charge is 2.29. The van der Waals surface area contributed by atoms with E-state index in [-0.39, 0.29) is 11.2 Å². The van der Waals surface area contributed by atoms with Gasteiger partial charge in [0.15, 0.2) is 0 Å². The summed E-state index contributed by atoms with van der Waals surface area (Å²) in [7, 11) is 0. The summed E-state index contributed by atoms with van der Waals surface area (Å²) in [5, 5.41) is 5.33. The lowest BCUT2D eigenvalue weighted by atomic mass is 9.77. The average molecular weight is 545 g/mol. The molecule has 0 aliphatic heterocycles. The Morgan fingerprint density at radius 1 is 0.854 bits per heavy atom. The van der Waals surface area contributed by atoms with Crippen molar-refractivity contribution in [1.82, 2.24) is 4.57 Å². The summed E-state index contributed by atoms with van der Waals surface area (Å²) < 4.78 is 16.1. The number of aryl methyl sites for hydroxylation is 2. The fourth-order valence-corrected chi connectivity index (χ4v) is 7.06. The second kappa shape index (κ2) is 10.2. The summed E-state index contributed by atoms with van der Waals surface area (Å²) in [5.74, 6) is 0.241. The van der Waals surface area contributed by atoms with Crippen LogP contribution in [0.1, 0.15) is 73.5 Å². The van der Waals surface area contributed by atoms with Gasteiger partial charge in [-0.2, -0.15) is 0 Å². The van der Waals surface area contributed by atoms with Crippen LogP contribution in [0.3, 0.4) is 0 Å². The summed E-state index contributed by atoms with van der Waals surface area (Å²) >= 11 is 0. The van der Waals surface area contributed by atoms with E-state index in [0.717, 1.165) is 18.5 Å². The Bertz CT molecular complexity index is 1740. The van der Waals surface area contributed by atoms with Crippen LogP contribution in [0.5, 0.6) is 0 Å². The van der Waals surface area contributed by atoms with E-state index in [4.69, 9.17) is 0 Å². The molecule has 1 aromatic heterocycles. The Hall–Kier alpha value is -3.85. The lowest BCUT2D eigenvalue weighted by Crippen LogP contribution is -2.30. The third-order valence-corrected chi connectivity index (χ3v) is 9.20. The molecule has 0 radical (unpaired) electrons. The highest BCUT2D eigenvalue weighted by molar-refractivity contribution is 5.92. The molecule has 6 rings (SSSR count). The first kappa shape index (κ1) is 27.3. The Labute approximate surface area is 244 Å². The van der Waals surface area contributed by atoms with Gasteiger partial charge in [0.2, 0.25) is 0 Å². The molecular weight excluding hydrogens is 503 g/mol. The minimum atomic E-state index is -0.207. The van der Waals surface area contributed by atoms with Crippen LogP contribution in [0.2, 0.25) is 0 Å².